The third-order valence-electron chi connectivity index (χ3n) is 1.78. The fourth-order valence-electron chi connectivity index (χ4n) is 1.09. The van der Waals surface area contributed by atoms with Gasteiger partial charge in [0.15, 0.2) is 17.5 Å². The summed E-state index contributed by atoms with van der Waals surface area (Å²) in [5.74, 6) is -1.58. The summed E-state index contributed by atoms with van der Waals surface area (Å²) in [5, 5.41) is 10.9. The van der Waals surface area contributed by atoms with Crippen molar-refractivity contribution in [1.82, 2.24) is 0 Å². The Balaban J connectivity index is 3.54. The van der Waals surface area contributed by atoms with Gasteiger partial charge in [0.1, 0.15) is 0 Å². The summed E-state index contributed by atoms with van der Waals surface area (Å²) in [6.07, 6.45) is 0. The summed E-state index contributed by atoms with van der Waals surface area (Å²) in [7, 11) is 0. The molecule has 0 radical (unpaired) electrons. The molecule has 0 heterocycles. The second-order valence-electron chi connectivity index (χ2n) is 3.12. The fraction of sp³-hybridized carbons (Fsp3) is 0. The first kappa shape index (κ1) is 15.3. The first-order valence-electron chi connectivity index (χ1n) is 4.49. The average molecular weight is 398 g/mol. The summed E-state index contributed by atoms with van der Waals surface area (Å²) in [4.78, 5) is 17.2. The van der Waals surface area contributed by atoms with Crippen LogP contribution in [0.15, 0.2) is 25.0 Å². The molecule has 0 bridgehead atoms. The van der Waals surface area contributed by atoms with Gasteiger partial charge < -0.3 is 17.2 Å². The van der Waals surface area contributed by atoms with Crippen molar-refractivity contribution in [2.75, 3.05) is 0 Å². The van der Waals surface area contributed by atoms with Crippen molar-refractivity contribution < 1.29 is 9.31 Å². The van der Waals surface area contributed by atoms with Crippen molar-refractivity contribution >= 4 is 55.2 Å². The van der Waals surface area contributed by atoms with Gasteiger partial charge in [0, 0.05) is 6.07 Å². The van der Waals surface area contributed by atoms with Gasteiger partial charge in [-0.15, -0.1) is 0 Å². The molecular weight excluding hydrogens is 391 g/mol. The van der Waals surface area contributed by atoms with Crippen LogP contribution in [0.2, 0.25) is 0 Å². The maximum Gasteiger partial charge on any atom is 0.297 e. The number of halogens is 3. The summed E-state index contributed by atoms with van der Waals surface area (Å²) in [5.41, 5.74) is 14.7. The minimum atomic E-state index is -0.762. The minimum Gasteiger partial charge on any atom is -0.370 e. The smallest absolute Gasteiger partial charge is 0.297 e. The number of guanidine groups is 2. The van der Waals surface area contributed by atoms with E-state index in [9.17, 15) is 14.5 Å². The number of benzene rings is 1. The van der Waals surface area contributed by atoms with Crippen molar-refractivity contribution in [1.29, 1.82) is 0 Å². The van der Waals surface area contributed by atoms with E-state index in [1.54, 1.807) is 0 Å². The van der Waals surface area contributed by atoms with Crippen molar-refractivity contribution in [3.8, 4) is 0 Å². The Morgan fingerprint density at radius 1 is 1.37 bits per heavy atom. The lowest BCUT2D eigenvalue weighted by atomic mass is 10.2. The van der Waals surface area contributed by atoms with Crippen LogP contribution in [0, 0.1) is 15.9 Å². The largest absolute Gasteiger partial charge is 0.370 e. The lowest BCUT2D eigenvalue weighted by Gasteiger charge is -2.04. The van der Waals surface area contributed by atoms with Gasteiger partial charge in [0.05, 0.1) is 13.9 Å². The molecule has 0 saturated carbocycles. The molecule has 6 N–H and O–H groups in total. The molecule has 0 unspecified atom stereocenters. The molecule has 0 spiro atoms. The summed E-state index contributed by atoms with van der Waals surface area (Å²) in [6.45, 7) is 0. The number of nitro benzene ring substituents is 1. The van der Waals surface area contributed by atoms with Crippen LogP contribution >= 0.6 is 31.9 Å². The highest BCUT2D eigenvalue weighted by molar-refractivity contribution is 9.11. The topological polar surface area (TPSA) is 146 Å². The Bertz CT molecular complexity index is 599. The molecule has 1 aromatic rings. The van der Waals surface area contributed by atoms with E-state index in [4.69, 9.17) is 17.2 Å². The van der Waals surface area contributed by atoms with Crippen molar-refractivity contribution in [2.45, 2.75) is 0 Å². The van der Waals surface area contributed by atoms with Crippen molar-refractivity contribution in [3.63, 3.8) is 0 Å². The van der Waals surface area contributed by atoms with Crippen LogP contribution in [0.4, 0.5) is 15.8 Å². The first-order chi connectivity index (χ1) is 8.73. The van der Waals surface area contributed by atoms with Crippen LogP contribution in [-0.4, -0.2) is 16.8 Å². The molecule has 0 fully saturated rings. The summed E-state index contributed by atoms with van der Waals surface area (Å²) < 4.78 is 13.3. The molecule has 0 atom stereocenters. The Kier molecular flexibility index (Phi) is 4.78. The van der Waals surface area contributed by atoms with Gasteiger partial charge in [-0.3, -0.25) is 10.1 Å². The first-order valence-corrected chi connectivity index (χ1v) is 6.08. The maximum atomic E-state index is 13.6. The number of rotatable bonds is 2. The highest BCUT2D eigenvalue weighted by Crippen LogP contribution is 2.40. The molecule has 1 aromatic carbocycles. The summed E-state index contributed by atoms with van der Waals surface area (Å²) >= 11 is 5.71. The number of nitrogens with two attached hydrogens (primary N) is 3. The van der Waals surface area contributed by atoms with Gasteiger partial charge in [-0.2, -0.15) is 4.99 Å². The van der Waals surface area contributed by atoms with Crippen LogP contribution in [0.3, 0.4) is 0 Å². The zero-order chi connectivity index (χ0) is 14.7. The highest BCUT2D eigenvalue weighted by atomic mass is 79.9. The lowest BCUT2D eigenvalue weighted by Crippen LogP contribution is -2.26. The quantitative estimate of drug-likeness (QED) is 0.227. The number of hydrogen-bond donors (Lipinski definition) is 3. The maximum absolute atomic E-state index is 13.6. The highest BCUT2D eigenvalue weighted by Gasteiger charge is 2.23. The van der Waals surface area contributed by atoms with Gasteiger partial charge in [-0.1, -0.05) is 0 Å². The normalized spacial score (nSPS) is 11.2. The monoisotopic (exact) mass is 396 g/mol. The number of nitro groups is 1. The zero-order valence-electron chi connectivity index (χ0n) is 9.10. The van der Waals surface area contributed by atoms with Crippen molar-refractivity contribution in [3.05, 3.63) is 30.9 Å². The van der Waals surface area contributed by atoms with Gasteiger partial charge >= 0.3 is 0 Å². The molecule has 11 heteroatoms. The number of hydrogen-bond acceptors (Lipinski definition) is 3. The van der Waals surface area contributed by atoms with Crippen LogP contribution in [-0.2, 0) is 0 Å². The van der Waals surface area contributed by atoms with Gasteiger partial charge in [-0.25, -0.2) is 9.38 Å². The Morgan fingerprint density at radius 3 is 2.42 bits per heavy atom. The third kappa shape index (κ3) is 3.61. The molecular formula is C8H7Br2FN6O2. The Hall–Kier alpha value is -1.75. The second kappa shape index (κ2) is 5.93. The minimum absolute atomic E-state index is 0.0922. The molecule has 8 nitrogen and oxygen atoms in total. The van der Waals surface area contributed by atoms with E-state index in [0.717, 1.165) is 6.07 Å². The van der Waals surface area contributed by atoms with E-state index < -0.39 is 22.4 Å². The second-order valence-corrected chi connectivity index (χ2v) is 4.77. The van der Waals surface area contributed by atoms with Crippen LogP contribution in [0.25, 0.3) is 0 Å². The summed E-state index contributed by atoms with van der Waals surface area (Å²) in [6, 6.07) is 0.960. The van der Waals surface area contributed by atoms with E-state index in [0.29, 0.717) is 0 Å². The van der Waals surface area contributed by atoms with Crippen LogP contribution in [0.1, 0.15) is 0 Å². The molecule has 0 amide bonds. The molecule has 0 aliphatic carbocycles. The Morgan fingerprint density at radius 2 is 1.95 bits per heavy atom. The molecule has 102 valence electrons. The van der Waals surface area contributed by atoms with E-state index >= 15 is 0 Å². The van der Waals surface area contributed by atoms with E-state index in [2.05, 4.69) is 41.8 Å². The predicted octanol–water partition coefficient (Wildman–Crippen LogP) is 1.48. The van der Waals surface area contributed by atoms with Gasteiger partial charge in [0.25, 0.3) is 5.69 Å². The van der Waals surface area contributed by atoms with Crippen LogP contribution < -0.4 is 17.2 Å². The van der Waals surface area contributed by atoms with E-state index in [-0.39, 0.29) is 20.6 Å². The van der Waals surface area contributed by atoms with Gasteiger partial charge in [-0.05, 0) is 31.9 Å². The lowest BCUT2D eigenvalue weighted by molar-refractivity contribution is -0.384. The SMILES string of the molecule is NC(N)=NC(N)=Nc1c([N+](=O)[O-])cc(Br)c(F)c1Br. The Labute approximate surface area is 123 Å². The van der Waals surface area contributed by atoms with Gasteiger partial charge in [0.2, 0.25) is 5.96 Å². The molecule has 0 aromatic heterocycles. The number of aliphatic imine (C=N–C) groups is 2. The predicted molar refractivity (Wildman–Crippen MR) is 75.5 cm³/mol. The zero-order valence-corrected chi connectivity index (χ0v) is 12.3. The van der Waals surface area contributed by atoms with Crippen LogP contribution in [0.5, 0.6) is 0 Å². The number of nitrogens with zero attached hydrogens (tertiary/aromatic N) is 3. The van der Waals surface area contributed by atoms with E-state index in [1.807, 2.05) is 0 Å². The third-order valence-corrected chi connectivity index (χ3v) is 3.08. The van der Waals surface area contributed by atoms with E-state index in [1.165, 1.54) is 0 Å². The molecule has 1 rings (SSSR count). The molecule has 0 aliphatic heterocycles. The molecule has 0 saturated heterocycles. The molecule has 0 aliphatic rings. The average Bonchev–Trinajstić information content (AvgIpc) is 2.28. The molecule has 19 heavy (non-hydrogen) atoms. The van der Waals surface area contributed by atoms with Crippen molar-refractivity contribution in [2.24, 2.45) is 27.2 Å². The fourth-order valence-corrected chi connectivity index (χ4v) is 2.28. The standard InChI is InChI=1S/C8H7Br2FN6O2/c9-2-1-3(17(18)19)6(4(10)5(2)11)15-8(14)16-7(12)13/h1H,(H6,12,13,14,15,16).